The Balaban J connectivity index is 2.24. The first-order valence-electron chi connectivity index (χ1n) is 5.26. The number of rotatable bonds is 2. The maximum Gasteiger partial charge on any atom is 0.234 e. The number of Topliss-reactive ketones (excluding diaryl/α,β-unsaturated/α-hetero) is 1. The van der Waals surface area contributed by atoms with Crippen LogP contribution < -0.4 is 10.2 Å². The van der Waals surface area contributed by atoms with E-state index in [-0.39, 0.29) is 30.6 Å². The summed E-state index contributed by atoms with van der Waals surface area (Å²) in [6, 6.07) is 6.88. The lowest BCUT2D eigenvalue weighted by Gasteiger charge is -2.15. The predicted octanol–water partition coefficient (Wildman–Crippen LogP) is 0.951. The van der Waals surface area contributed by atoms with Gasteiger partial charge in [-0.1, -0.05) is 6.07 Å². The molecule has 0 spiro atoms. The number of benzene rings is 1. The van der Waals surface area contributed by atoms with Crippen molar-refractivity contribution in [1.29, 1.82) is 0 Å². The van der Waals surface area contributed by atoms with Gasteiger partial charge in [0.1, 0.15) is 0 Å². The van der Waals surface area contributed by atoms with Gasteiger partial charge in [-0.05, 0) is 18.2 Å². The van der Waals surface area contributed by atoms with Gasteiger partial charge in [0.15, 0.2) is 5.78 Å². The number of ketones is 1. The number of hydrogen-bond donors (Lipinski definition) is 1. The van der Waals surface area contributed by atoms with E-state index in [1.807, 2.05) is 0 Å². The molecule has 1 heterocycles. The highest BCUT2D eigenvalue weighted by atomic mass is 16.2. The van der Waals surface area contributed by atoms with Crippen molar-refractivity contribution < 1.29 is 14.4 Å². The zero-order valence-electron chi connectivity index (χ0n) is 9.40. The highest BCUT2D eigenvalue weighted by molar-refractivity contribution is 6.15. The Hall–Kier alpha value is -2.17. The first kappa shape index (κ1) is 11.3. The van der Waals surface area contributed by atoms with Crippen molar-refractivity contribution in [3.8, 4) is 0 Å². The van der Waals surface area contributed by atoms with Gasteiger partial charge in [0.05, 0.1) is 13.0 Å². The molecule has 0 radical (unpaired) electrons. The van der Waals surface area contributed by atoms with Crippen LogP contribution in [0.3, 0.4) is 0 Å². The number of nitrogens with zero attached hydrogens (tertiary/aromatic N) is 1. The molecular weight excluding hydrogens is 220 g/mol. The van der Waals surface area contributed by atoms with Crippen LogP contribution in [0.4, 0.5) is 11.4 Å². The monoisotopic (exact) mass is 232 g/mol. The van der Waals surface area contributed by atoms with Crippen LogP contribution in [0, 0.1) is 0 Å². The standard InChI is InChI=1S/C12H12N2O3/c1-8(15)13-9-3-2-4-10(5-9)14-7-11(16)6-12(14)17/h2-5H,6-7H2,1H3,(H,13,15). The largest absolute Gasteiger partial charge is 0.326 e. The van der Waals surface area contributed by atoms with Crippen LogP contribution in [-0.2, 0) is 14.4 Å². The molecule has 1 aliphatic rings. The van der Waals surface area contributed by atoms with Gasteiger partial charge in [-0.15, -0.1) is 0 Å². The summed E-state index contributed by atoms with van der Waals surface area (Å²) >= 11 is 0. The number of amides is 2. The number of anilines is 2. The van der Waals surface area contributed by atoms with Crippen molar-refractivity contribution >= 4 is 29.0 Å². The number of hydrogen-bond acceptors (Lipinski definition) is 3. The number of nitrogens with one attached hydrogen (secondary N) is 1. The Labute approximate surface area is 98.4 Å². The lowest BCUT2D eigenvalue weighted by Crippen LogP contribution is -2.24. The number of carbonyl (C=O) groups excluding carboxylic acids is 3. The molecule has 0 saturated carbocycles. The maximum atomic E-state index is 11.5. The fraction of sp³-hybridized carbons (Fsp3) is 0.250. The SMILES string of the molecule is CC(=O)Nc1cccc(N2CC(=O)CC2=O)c1. The third-order valence-electron chi connectivity index (χ3n) is 2.46. The smallest absolute Gasteiger partial charge is 0.234 e. The summed E-state index contributed by atoms with van der Waals surface area (Å²) in [6.07, 6.45) is -0.0373. The van der Waals surface area contributed by atoms with E-state index in [4.69, 9.17) is 0 Å². The Morgan fingerprint density at radius 1 is 1.35 bits per heavy atom. The molecule has 1 aromatic carbocycles. The van der Waals surface area contributed by atoms with Gasteiger partial charge >= 0.3 is 0 Å². The van der Waals surface area contributed by atoms with Crippen molar-refractivity contribution in [3.63, 3.8) is 0 Å². The van der Waals surface area contributed by atoms with Crippen molar-refractivity contribution in [2.24, 2.45) is 0 Å². The van der Waals surface area contributed by atoms with Gasteiger partial charge in [-0.25, -0.2) is 0 Å². The van der Waals surface area contributed by atoms with Gasteiger partial charge in [0, 0.05) is 18.3 Å². The molecule has 0 bridgehead atoms. The Bertz CT molecular complexity index is 496. The van der Waals surface area contributed by atoms with Crippen LogP contribution in [0.1, 0.15) is 13.3 Å². The zero-order chi connectivity index (χ0) is 12.4. The Morgan fingerprint density at radius 3 is 2.71 bits per heavy atom. The summed E-state index contributed by atoms with van der Waals surface area (Å²) in [5.41, 5.74) is 1.24. The van der Waals surface area contributed by atoms with Gasteiger partial charge in [-0.3, -0.25) is 14.4 Å². The second kappa shape index (κ2) is 4.37. The summed E-state index contributed by atoms with van der Waals surface area (Å²) in [5.74, 6) is -0.458. The number of carbonyl (C=O) groups is 3. The first-order valence-corrected chi connectivity index (χ1v) is 5.26. The minimum atomic E-state index is -0.199. The summed E-state index contributed by atoms with van der Waals surface area (Å²) < 4.78 is 0. The van der Waals surface area contributed by atoms with E-state index in [9.17, 15) is 14.4 Å². The van der Waals surface area contributed by atoms with Gasteiger partial charge < -0.3 is 10.2 Å². The molecule has 0 atom stereocenters. The molecule has 5 nitrogen and oxygen atoms in total. The summed E-state index contributed by atoms with van der Waals surface area (Å²) in [7, 11) is 0. The van der Waals surface area contributed by atoms with Crippen LogP contribution in [0.25, 0.3) is 0 Å². The molecule has 0 aromatic heterocycles. The van der Waals surface area contributed by atoms with Gasteiger partial charge in [0.2, 0.25) is 11.8 Å². The van der Waals surface area contributed by atoms with E-state index in [1.165, 1.54) is 11.8 Å². The Morgan fingerprint density at radius 2 is 2.12 bits per heavy atom. The first-order chi connectivity index (χ1) is 8.06. The van der Waals surface area contributed by atoms with E-state index >= 15 is 0 Å². The third kappa shape index (κ3) is 2.50. The average molecular weight is 232 g/mol. The minimum Gasteiger partial charge on any atom is -0.326 e. The van der Waals surface area contributed by atoms with E-state index in [0.29, 0.717) is 11.4 Å². The molecule has 2 amide bonds. The third-order valence-corrected chi connectivity index (χ3v) is 2.46. The summed E-state index contributed by atoms with van der Waals surface area (Å²) in [5, 5.41) is 2.63. The summed E-state index contributed by atoms with van der Waals surface area (Å²) in [4.78, 5) is 35.0. The lowest BCUT2D eigenvalue weighted by atomic mass is 10.2. The normalized spacial score (nSPS) is 15.2. The highest BCUT2D eigenvalue weighted by Crippen LogP contribution is 2.23. The second-order valence-electron chi connectivity index (χ2n) is 3.93. The molecule has 2 rings (SSSR count). The van der Waals surface area contributed by atoms with Crippen LogP contribution in [-0.4, -0.2) is 24.1 Å². The topological polar surface area (TPSA) is 66.5 Å². The zero-order valence-corrected chi connectivity index (χ0v) is 9.40. The highest BCUT2D eigenvalue weighted by Gasteiger charge is 2.28. The van der Waals surface area contributed by atoms with Crippen LogP contribution in [0.15, 0.2) is 24.3 Å². The minimum absolute atomic E-state index is 0.0373. The molecule has 0 unspecified atom stereocenters. The van der Waals surface area contributed by atoms with Crippen molar-refractivity contribution in [1.82, 2.24) is 0 Å². The van der Waals surface area contributed by atoms with Crippen LogP contribution >= 0.6 is 0 Å². The van der Waals surface area contributed by atoms with E-state index < -0.39 is 0 Å². The van der Waals surface area contributed by atoms with Crippen molar-refractivity contribution in [2.75, 3.05) is 16.8 Å². The van der Waals surface area contributed by atoms with Crippen LogP contribution in [0.2, 0.25) is 0 Å². The molecular formula is C12H12N2O3. The second-order valence-corrected chi connectivity index (χ2v) is 3.93. The molecule has 17 heavy (non-hydrogen) atoms. The quantitative estimate of drug-likeness (QED) is 0.772. The molecule has 0 aliphatic carbocycles. The van der Waals surface area contributed by atoms with Gasteiger partial charge in [0.25, 0.3) is 0 Å². The van der Waals surface area contributed by atoms with Crippen molar-refractivity contribution in [3.05, 3.63) is 24.3 Å². The fourth-order valence-electron chi connectivity index (χ4n) is 1.77. The summed E-state index contributed by atoms with van der Waals surface area (Å²) in [6.45, 7) is 1.53. The molecule has 88 valence electrons. The van der Waals surface area contributed by atoms with E-state index in [0.717, 1.165) is 0 Å². The molecule has 1 fully saturated rings. The van der Waals surface area contributed by atoms with E-state index in [2.05, 4.69) is 5.32 Å². The van der Waals surface area contributed by atoms with Crippen LogP contribution in [0.5, 0.6) is 0 Å². The molecule has 1 N–H and O–H groups in total. The fourth-order valence-corrected chi connectivity index (χ4v) is 1.77. The predicted molar refractivity (Wildman–Crippen MR) is 62.7 cm³/mol. The Kier molecular flexibility index (Phi) is 2.91. The maximum absolute atomic E-state index is 11.5. The van der Waals surface area contributed by atoms with E-state index in [1.54, 1.807) is 24.3 Å². The average Bonchev–Trinajstić information content (AvgIpc) is 2.57. The molecule has 1 aliphatic heterocycles. The lowest BCUT2D eigenvalue weighted by molar-refractivity contribution is -0.121. The van der Waals surface area contributed by atoms with Gasteiger partial charge in [-0.2, -0.15) is 0 Å². The van der Waals surface area contributed by atoms with Crippen molar-refractivity contribution in [2.45, 2.75) is 13.3 Å². The molecule has 1 saturated heterocycles. The molecule has 5 heteroatoms. The molecule has 1 aromatic rings.